The van der Waals surface area contributed by atoms with Crippen LogP contribution >= 0.6 is 0 Å². The van der Waals surface area contributed by atoms with E-state index in [9.17, 15) is 0 Å². The molecule has 0 unspecified atom stereocenters. The maximum Gasteiger partial charge on any atom is -0.00199 e. The normalized spacial score (nSPS) is 11.8. The Labute approximate surface area is 286 Å². The van der Waals surface area contributed by atoms with E-state index in [0.29, 0.717) is 0 Å². The molecule has 0 atom stereocenters. The van der Waals surface area contributed by atoms with E-state index in [1.807, 2.05) is 6.08 Å². The third-order valence-electron chi connectivity index (χ3n) is 10.1. The Morgan fingerprint density at radius 2 is 0.878 bits per heavy atom. The predicted octanol–water partition coefficient (Wildman–Crippen LogP) is 14.1. The van der Waals surface area contributed by atoms with E-state index < -0.39 is 0 Å². The summed E-state index contributed by atoms with van der Waals surface area (Å²) in [6.45, 7) is 6.27. The smallest absolute Gasteiger partial charge is 0.00199 e. The molecule has 9 aromatic carbocycles. The fourth-order valence-electron chi connectivity index (χ4n) is 8.01. The lowest BCUT2D eigenvalue weighted by molar-refractivity contribution is 1.63. The lowest BCUT2D eigenvalue weighted by Gasteiger charge is -2.20. The quantitative estimate of drug-likeness (QED) is 0.132. The van der Waals surface area contributed by atoms with Crippen LogP contribution in [-0.2, 0) is 0 Å². The van der Waals surface area contributed by atoms with Crippen molar-refractivity contribution >= 4 is 66.0 Å². The molecule has 9 rings (SSSR count). The van der Waals surface area contributed by atoms with Crippen LogP contribution in [0.3, 0.4) is 0 Å². The molecule has 0 fully saturated rings. The highest BCUT2D eigenvalue weighted by molar-refractivity contribution is 6.24. The standard InChI is InChI=1S/C49H34/c1-3-15-34-31-47(41-21-10-7-18-38(41)36(34)4-2)49-44-24-13-11-22-42(44)48(43-23-12-14-25-45(43)49)33-28-26-32(27-29-33)46-30-35-16-5-6-17-37(35)39-19-8-9-20-40(39)46/h3-31H,2H2,1H3/b15-3-. The first-order valence-corrected chi connectivity index (χ1v) is 17.0. The molecule has 0 aliphatic rings. The van der Waals surface area contributed by atoms with E-state index in [1.165, 1.54) is 98.4 Å². The van der Waals surface area contributed by atoms with Crippen molar-refractivity contribution in [2.75, 3.05) is 0 Å². The number of fused-ring (bicyclic) bond motifs is 6. The Hall–Kier alpha value is -6.24. The molecule has 0 aliphatic heterocycles. The maximum atomic E-state index is 4.19. The third-order valence-corrected chi connectivity index (χ3v) is 10.1. The Morgan fingerprint density at radius 3 is 1.47 bits per heavy atom. The maximum absolute atomic E-state index is 4.19. The summed E-state index contributed by atoms with van der Waals surface area (Å²) >= 11 is 0. The third kappa shape index (κ3) is 4.60. The fourth-order valence-corrected chi connectivity index (χ4v) is 8.01. The highest BCUT2D eigenvalue weighted by Crippen LogP contribution is 2.47. The van der Waals surface area contributed by atoms with Crippen LogP contribution < -0.4 is 0 Å². The van der Waals surface area contributed by atoms with Gasteiger partial charge in [0.05, 0.1) is 0 Å². The first-order valence-electron chi connectivity index (χ1n) is 17.0. The van der Waals surface area contributed by atoms with Gasteiger partial charge in [-0.3, -0.25) is 0 Å². The molecule has 0 radical (unpaired) electrons. The van der Waals surface area contributed by atoms with Crippen LogP contribution in [0.4, 0.5) is 0 Å². The highest BCUT2D eigenvalue weighted by atomic mass is 14.2. The molecule has 0 spiro atoms. The van der Waals surface area contributed by atoms with Crippen molar-refractivity contribution in [3.8, 4) is 33.4 Å². The van der Waals surface area contributed by atoms with Gasteiger partial charge in [-0.15, -0.1) is 0 Å². The number of benzene rings is 9. The molecular formula is C49H34. The van der Waals surface area contributed by atoms with E-state index in [0.717, 1.165) is 0 Å². The van der Waals surface area contributed by atoms with Crippen LogP contribution in [0.5, 0.6) is 0 Å². The predicted molar refractivity (Wildman–Crippen MR) is 215 cm³/mol. The molecule has 0 aromatic heterocycles. The van der Waals surface area contributed by atoms with Gasteiger partial charge >= 0.3 is 0 Å². The summed E-state index contributed by atoms with van der Waals surface area (Å²) < 4.78 is 0. The SMILES string of the molecule is C=Cc1c(/C=C\C)cc(-c2c3ccccc3c(-c3ccc(-c4cc5ccccc5c5ccccc45)cc3)c3ccccc23)c2ccccc12. The second-order valence-corrected chi connectivity index (χ2v) is 12.8. The first kappa shape index (κ1) is 28.9. The van der Waals surface area contributed by atoms with Gasteiger partial charge in [-0.05, 0) is 117 Å². The minimum atomic E-state index is 1.17. The summed E-state index contributed by atoms with van der Waals surface area (Å²) in [6, 6.07) is 58.0. The minimum absolute atomic E-state index is 1.17. The van der Waals surface area contributed by atoms with Crippen molar-refractivity contribution in [2.24, 2.45) is 0 Å². The molecule has 0 nitrogen and oxygen atoms in total. The van der Waals surface area contributed by atoms with Gasteiger partial charge < -0.3 is 0 Å². The molecule has 0 bridgehead atoms. The Kier molecular flexibility index (Phi) is 6.95. The lowest BCUT2D eigenvalue weighted by Crippen LogP contribution is -1.94. The molecule has 0 heterocycles. The summed E-state index contributed by atoms with van der Waals surface area (Å²) in [5.74, 6) is 0. The molecule has 0 aliphatic carbocycles. The molecule has 0 heteroatoms. The van der Waals surface area contributed by atoms with E-state index in [-0.39, 0.29) is 0 Å². The van der Waals surface area contributed by atoms with Crippen molar-refractivity contribution in [1.82, 2.24) is 0 Å². The molecular weight excluding hydrogens is 589 g/mol. The summed E-state index contributed by atoms with van der Waals surface area (Å²) in [5, 5.41) is 12.6. The van der Waals surface area contributed by atoms with Crippen molar-refractivity contribution in [3.05, 3.63) is 182 Å². The van der Waals surface area contributed by atoms with Gasteiger partial charge in [-0.1, -0.05) is 170 Å². The molecule has 0 N–H and O–H groups in total. The van der Waals surface area contributed by atoms with Gasteiger partial charge in [0.15, 0.2) is 0 Å². The Morgan fingerprint density at radius 1 is 0.408 bits per heavy atom. The summed E-state index contributed by atoms with van der Waals surface area (Å²) in [4.78, 5) is 0. The number of rotatable bonds is 5. The molecule has 49 heavy (non-hydrogen) atoms. The van der Waals surface area contributed by atoms with Crippen LogP contribution in [-0.4, -0.2) is 0 Å². The van der Waals surface area contributed by atoms with Crippen LogP contribution in [0.1, 0.15) is 18.1 Å². The van der Waals surface area contributed by atoms with Crippen LogP contribution in [0, 0.1) is 0 Å². The second-order valence-electron chi connectivity index (χ2n) is 12.8. The van der Waals surface area contributed by atoms with Gasteiger partial charge in [0.25, 0.3) is 0 Å². The van der Waals surface area contributed by atoms with Gasteiger partial charge in [0, 0.05) is 0 Å². The van der Waals surface area contributed by atoms with Crippen LogP contribution in [0.15, 0.2) is 170 Å². The molecule has 9 aromatic rings. The second kappa shape index (κ2) is 11.8. The van der Waals surface area contributed by atoms with Crippen molar-refractivity contribution < 1.29 is 0 Å². The van der Waals surface area contributed by atoms with Crippen LogP contribution in [0.2, 0.25) is 0 Å². The van der Waals surface area contributed by atoms with Crippen molar-refractivity contribution in [3.63, 3.8) is 0 Å². The summed E-state index contributed by atoms with van der Waals surface area (Å²) in [7, 11) is 0. The van der Waals surface area contributed by atoms with Crippen LogP contribution in [0.25, 0.3) is 99.4 Å². The molecule has 0 amide bonds. The molecule has 0 saturated heterocycles. The first-order chi connectivity index (χ1) is 24.2. The van der Waals surface area contributed by atoms with E-state index in [4.69, 9.17) is 0 Å². The van der Waals surface area contributed by atoms with Crippen molar-refractivity contribution in [2.45, 2.75) is 6.92 Å². The van der Waals surface area contributed by atoms with Gasteiger partial charge in [0.2, 0.25) is 0 Å². The number of hydrogen-bond acceptors (Lipinski definition) is 0. The Bertz CT molecular complexity index is 2720. The van der Waals surface area contributed by atoms with E-state index in [1.54, 1.807) is 0 Å². The van der Waals surface area contributed by atoms with Gasteiger partial charge in [-0.25, -0.2) is 0 Å². The average molecular weight is 623 g/mol. The number of hydrogen-bond donors (Lipinski definition) is 0. The number of allylic oxidation sites excluding steroid dienone is 1. The Balaban J connectivity index is 1.30. The average Bonchev–Trinajstić information content (AvgIpc) is 3.16. The summed E-state index contributed by atoms with van der Waals surface area (Å²) in [5.41, 5.74) is 9.83. The highest BCUT2D eigenvalue weighted by Gasteiger charge is 2.19. The zero-order chi connectivity index (χ0) is 32.9. The molecule has 0 saturated carbocycles. The van der Waals surface area contributed by atoms with E-state index >= 15 is 0 Å². The van der Waals surface area contributed by atoms with Gasteiger partial charge in [-0.2, -0.15) is 0 Å². The van der Waals surface area contributed by atoms with Crippen molar-refractivity contribution in [1.29, 1.82) is 0 Å². The lowest BCUT2D eigenvalue weighted by atomic mass is 9.83. The zero-order valence-electron chi connectivity index (χ0n) is 27.5. The van der Waals surface area contributed by atoms with Gasteiger partial charge in [0.1, 0.15) is 0 Å². The molecule has 230 valence electrons. The van der Waals surface area contributed by atoms with E-state index in [2.05, 4.69) is 183 Å². The summed E-state index contributed by atoms with van der Waals surface area (Å²) in [6.07, 6.45) is 6.31. The monoisotopic (exact) mass is 622 g/mol. The largest absolute Gasteiger partial charge is 0.0984 e. The fraction of sp³-hybridized carbons (Fsp3) is 0.0204. The minimum Gasteiger partial charge on any atom is -0.0984 e. The zero-order valence-corrected chi connectivity index (χ0v) is 27.5. The topological polar surface area (TPSA) is 0 Å².